The summed E-state index contributed by atoms with van der Waals surface area (Å²) in [7, 11) is 0. The van der Waals surface area contributed by atoms with Crippen molar-refractivity contribution < 1.29 is 14.6 Å². The van der Waals surface area contributed by atoms with Crippen LogP contribution in [0.2, 0.25) is 0 Å². The molecule has 0 aromatic carbocycles. The Kier molecular flexibility index (Phi) is 4.15. The summed E-state index contributed by atoms with van der Waals surface area (Å²) in [6, 6.07) is 3.29. The predicted molar refractivity (Wildman–Crippen MR) is 68.0 cm³/mol. The number of carboxylic acids is 1. The molecule has 1 unspecified atom stereocenters. The molecule has 1 aromatic rings. The topological polar surface area (TPSA) is 71.5 Å². The van der Waals surface area contributed by atoms with Gasteiger partial charge >= 0.3 is 5.97 Å². The second-order valence-corrected chi connectivity index (χ2v) is 4.62. The number of hydrogen-bond donors (Lipinski definition) is 2. The minimum absolute atomic E-state index is 0.220. The Morgan fingerprint density at radius 3 is 3.11 bits per heavy atom. The predicted octanol–water partition coefficient (Wildman–Crippen LogP) is 1.93. The molecule has 0 radical (unpaired) electrons. The molecule has 2 N–H and O–H groups in total. The second kappa shape index (κ2) is 5.82. The fourth-order valence-corrected chi connectivity index (χ4v) is 2.07. The standard InChI is InChI=1S/C13H18N2O3/c1-9-4-5-11(13(16)17)12(15-9)14-7-10-3-2-6-18-8-10/h4-5,10H,2-3,6-8H2,1H3,(H,14,15)(H,16,17). The first-order valence-electron chi connectivity index (χ1n) is 6.19. The van der Waals surface area contributed by atoms with Gasteiger partial charge in [-0.25, -0.2) is 9.78 Å². The smallest absolute Gasteiger partial charge is 0.339 e. The summed E-state index contributed by atoms with van der Waals surface area (Å²) in [6.07, 6.45) is 2.18. The molecule has 0 saturated carbocycles. The zero-order chi connectivity index (χ0) is 13.0. The molecular formula is C13H18N2O3. The number of ether oxygens (including phenoxy) is 1. The van der Waals surface area contributed by atoms with Gasteiger partial charge in [-0.2, -0.15) is 0 Å². The van der Waals surface area contributed by atoms with E-state index in [1.165, 1.54) is 0 Å². The van der Waals surface area contributed by atoms with E-state index in [-0.39, 0.29) is 5.56 Å². The SMILES string of the molecule is Cc1ccc(C(=O)O)c(NCC2CCCOC2)n1. The number of carboxylic acid groups (broad SMARTS) is 1. The molecule has 1 saturated heterocycles. The fourth-order valence-electron chi connectivity index (χ4n) is 2.07. The Morgan fingerprint density at radius 2 is 2.44 bits per heavy atom. The van der Waals surface area contributed by atoms with E-state index in [1.807, 2.05) is 6.92 Å². The number of anilines is 1. The molecule has 5 heteroatoms. The Bertz CT molecular complexity index is 428. The molecule has 18 heavy (non-hydrogen) atoms. The first-order chi connectivity index (χ1) is 8.66. The van der Waals surface area contributed by atoms with Crippen molar-refractivity contribution in [3.05, 3.63) is 23.4 Å². The lowest BCUT2D eigenvalue weighted by Gasteiger charge is -2.22. The number of aryl methyl sites for hydroxylation is 1. The minimum Gasteiger partial charge on any atom is -0.478 e. The number of nitrogens with one attached hydrogen (secondary N) is 1. The fraction of sp³-hybridized carbons (Fsp3) is 0.538. The number of hydrogen-bond acceptors (Lipinski definition) is 4. The van der Waals surface area contributed by atoms with E-state index in [1.54, 1.807) is 12.1 Å². The summed E-state index contributed by atoms with van der Waals surface area (Å²) in [6.45, 7) is 4.12. The van der Waals surface area contributed by atoms with Crippen LogP contribution < -0.4 is 5.32 Å². The van der Waals surface area contributed by atoms with Crippen molar-refractivity contribution in [2.24, 2.45) is 5.92 Å². The first kappa shape index (κ1) is 12.8. The quantitative estimate of drug-likeness (QED) is 0.854. The maximum atomic E-state index is 11.1. The summed E-state index contributed by atoms with van der Waals surface area (Å²) in [5.41, 5.74) is 1.03. The third-order valence-electron chi connectivity index (χ3n) is 3.08. The molecule has 2 heterocycles. The number of pyridine rings is 1. The van der Waals surface area contributed by atoms with Crippen LogP contribution in [-0.4, -0.2) is 35.8 Å². The molecule has 0 amide bonds. The van der Waals surface area contributed by atoms with E-state index in [0.717, 1.165) is 31.7 Å². The molecule has 1 aromatic heterocycles. The van der Waals surface area contributed by atoms with Crippen molar-refractivity contribution in [3.63, 3.8) is 0 Å². The number of nitrogens with zero attached hydrogens (tertiary/aromatic N) is 1. The summed E-state index contributed by atoms with van der Waals surface area (Å²) in [5.74, 6) is -0.0688. The lowest BCUT2D eigenvalue weighted by Crippen LogP contribution is -2.25. The van der Waals surface area contributed by atoms with Crippen LogP contribution in [0.3, 0.4) is 0 Å². The van der Waals surface area contributed by atoms with Gasteiger partial charge in [0, 0.05) is 18.8 Å². The van der Waals surface area contributed by atoms with Crippen molar-refractivity contribution in [1.82, 2.24) is 4.98 Å². The van der Waals surface area contributed by atoms with Gasteiger partial charge in [0.1, 0.15) is 11.4 Å². The average Bonchev–Trinajstić information content (AvgIpc) is 2.37. The number of aromatic nitrogens is 1. The number of carbonyl (C=O) groups is 1. The molecule has 98 valence electrons. The number of aromatic carboxylic acids is 1. The molecule has 1 aliphatic heterocycles. The van der Waals surface area contributed by atoms with E-state index < -0.39 is 5.97 Å². The highest BCUT2D eigenvalue weighted by Gasteiger charge is 2.16. The van der Waals surface area contributed by atoms with Crippen molar-refractivity contribution in [2.75, 3.05) is 25.1 Å². The van der Waals surface area contributed by atoms with E-state index >= 15 is 0 Å². The van der Waals surface area contributed by atoms with Crippen LogP contribution in [0.4, 0.5) is 5.82 Å². The molecule has 1 fully saturated rings. The van der Waals surface area contributed by atoms with Gasteiger partial charge in [-0.05, 0) is 37.8 Å². The van der Waals surface area contributed by atoms with Crippen LogP contribution in [0.1, 0.15) is 28.9 Å². The highest BCUT2D eigenvalue weighted by molar-refractivity contribution is 5.93. The Hall–Kier alpha value is -1.62. The van der Waals surface area contributed by atoms with Crippen molar-refractivity contribution in [1.29, 1.82) is 0 Å². The third kappa shape index (κ3) is 3.20. The maximum Gasteiger partial charge on any atom is 0.339 e. The van der Waals surface area contributed by atoms with Crippen molar-refractivity contribution >= 4 is 11.8 Å². The lowest BCUT2D eigenvalue weighted by atomic mass is 10.0. The highest BCUT2D eigenvalue weighted by Crippen LogP contribution is 2.17. The summed E-state index contributed by atoms with van der Waals surface area (Å²) in [4.78, 5) is 15.3. The van der Waals surface area contributed by atoms with Crippen LogP contribution >= 0.6 is 0 Å². The highest BCUT2D eigenvalue weighted by atomic mass is 16.5. The largest absolute Gasteiger partial charge is 0.478 e. The zero-order valence-corrected chi connectivity index (χ0v) is 10.5. The van der Waals surface area contributed by atoms with Gasteiger partial charge in [0.25, 0.3) is 0 Å². The van der Waals surface area contributed by atoms with Gasteiger partial charge < -0.3 is 15.2 Å². The van der Waals surface area contributed by atoms with Gasteiger partial charge in [-0.15, -0.1) is 0 Å². The summed E-state index contributed by atoms with van der Waals surface area (Å²) < 4.78 is 5.40. The van der Waals surface area contributed by atoms with Gasteiger partial charge in [-0.1, -0.05) is 0 Å². The average molecular weight is 250 g/mol. The lowest BCUT2D eigenvalue weighted by molar-refractivity contribution is 0.0594. The van der Waals surface area contributed by atoms with Crippen LogP contribution in [0, 0.1) is 12.8 Å². The summed E-state index contributed by atoms with van der Waals surface area (Å²) in [5, 5.41) is 12.2. The van der Waals surface area contributed by atoms with Crippen LogP contribution in [0.25, 0.3) is 0 Å². The molecule has 5 nitrogen and oxygen atoms in total. The first-order valence-corrected chi connectivity index (χ1v) is 6.19. The molecule has 0 aliphatic carbocycles. The van der Waals surface area contributed by atoms with E-state index in [9.17, 15) is 4.79 Å². The molecule has 1 atom stereocenters. The van der Waals surface area contributed by atoms with E-state index in [4.69, 9.17) is 9.84 Å². The normalized spacial score (nSPS) is 19.5. The Labute approximate surface area is 106 Å². The molecule has 1 aliphatic rings. The van der Waals surface area contributed by atoms with Gasteiger partial charge in [0.2, 0.25) is 0 Å². The van der Waals surface area contributed by atoms with E-state index in [2.05, 4.69) is 10.3 Å². The Balaban J connectivity index is 2.03. The molecule has 2 rings (SSSR count). The van der Waals surface area contributed by atoms with Crippen molar-refractivity contribution in [3.8, 4) is 0 Å². The van der Waals surface area contributed by atoms with Gasteiger partial charge in [0.15, 0.2) is 0 Å². The minimum atomic E-state index is -0.954. The van der Waals surface area contributed by atoms with Crippen molar-refractivity contribution in [2.45, 2.75) is 19.8 Å². The van der Waals surface area contributed by atoms with Gasteiger partial charge in [0.05, 0.1) is 6.61 Å². The molecule has 0 spiro atoms. The summed E-state index contributed by atoms with van der Waals surface area (Å²) >= 11 is 0. The monoisotopic (exact) mass is 250 g/mol. The maximum absolute atomic E-state index is 11.1. The molecular weight excluding hydrogens is 232 g/mol. The van der Waals surface area contributed by atoms with Gasteiger partial charge in [-0.3, -0.25) is 0 Å². The zero-order valence-electron chi connectivity index (χ0n) is 10.5. The second-order valence-electron chi connectivity index (χ2n) is 4.62. The van der Waals surface area contributed by atoms with Crippen LogP contribution in [0.15, 0.2) is 12.1 Å². The Morgan fingerprint density at radius 1 is 1.61 bits per heavy atom. The third-order valence-corrected chi connectivity index (χ3v) is 3.08. The van der Waals surface area contributed by atoms with E-state index in [0.29, 0.717) is 18.3 Å². The number of rotatable bonds is 4. The van der Waals surface area contributed by atoms with Crippen LogP contribution in [0.5, 0.6) is 0 Å². The van der Waals surface area contributed by atoms with Crippen LogP contribution in [-0.2, 0) is 4.74 Å². The molecule has 0 bridgehead atoms.